The predicted molar refractivity (Wildman–Crippen MR) is 79.5 cm³/mol. The van der Waals surface area contributed by atoms with Gasteiger partial charge in [-0.1, -0.05) is 12.1 Å². The van der Waals surface area contributed by atoms with Gasteiger partial charge in [-0.2, -0.15) is 0 Å². The molecule has 21 heavy (non-hydrogen) atoms. The Hall–Kier alpha value is -2.63. The maximum Gasteiger partial charge on any atom is 0.292 e. The molecule has 0 radical (unpaired) electrons. The van der Waals surface area contributed by atoms with E-state index in [-0.39, 0.29) is 22.2 Å². The molecule has 0 aliphatic heterocycles. The summed E-state index contributed by atoms with van der Waals surface area (Å²) in [4.78, 5) is 24.9. The monoisotopic (exact) mass is 285 g/mol. The Labute approximate surface area is 121 Å². The Morgan fingerprint density at radius 2 is 2.05 bits per heavy atom. The number of pyridine rings is 1. The minimum absolute atomic E-state index is 0.0216. The molecule has 0 saturated carbocycles. The van der Waals surface area contributed by atoms with Crippen LogP contribution in [0.15, 0.2) is 41.2 Å². The van der Waals surface area contributed by atoms with Crippen LogP contribution in [-0.4, -0.2) is 9.91 Å². The molecular formula is C15H15N3O3. The number of aromatic nitrogens is 1. The second-order valence-corrected chi connectivity index (χ2v) is 5.12. The fraction of sp³-hybridized carbons (Fsp3) is 0.267. The van der Waals surface area contributed by atoms with Crippen LogP contribution in [0.1, 0.15) is 30.1 Å². The number of nitrogens with zero attached hydrogens (tertiary/aromatic N) is 1. The third-order valence-electron chi connectivity index (χ3n) is 3.76. The number of aromatic amines is 1. The lowest BCUT2D eigenvalue weighted by Gasteiger charge is -2.26. The summed E-state index contributed by atoms with van der Waals surface area (Å²) in [6, 6.07) is 9.89. The molecule has 2 aromatic rings. The molecule has 108 valence electrons. The van der Waals surface area contributed by atoms with Crippen molar-refractivity contribution in [2.45, 2.75) is 25.3 Å². The number of hydrogen-bond acceptors (Lipinski definition) is 4. The SMILES string of the molecule is O=c1ccc2c([nH]1)CCCC2Nc1ccccc1[N+](=O)[O-]. The van der Waals surface area contributed by atoms with Gasteiger partial charge in [0.05, 0.1) is 11.0 Å². The minimum atomic E-state index is -0.390. The highest BCUT2D eigenvalue weighted by Crippen LogP contribution is 2.33. The fourth-order valence-electron chi connectivity index (χ4n) is 2.79. The van der Waals surface area contributed by atoms with Gasteiger partial charge in [0.25, 0.3) is 5.69 Å². The van der Waals surface area contributed by atoms with Crippen LogP contribution in [0.3, 0.4) is 0 Å². The van der Waals surface area contributed by atoms with Gasteiger partial charge < -0.3 is 10.3 Å². The summed E-state index contributed by atoms with van der Waals surface area (Å²) in [7, 11) is 0. The number of para-hydroxylation sites is 2. The Balaban J connectivity index is 1.94. The summed E-state index contributed by atoms with van der Waals surface area (Å²) < 4.78 is 0. The van der Waals surface area contributed by atoms with Crippen LogP contribution in [0.4, 0.5) is 11.4 Å². The Morgan fingerprint density at radius 3 is 2.86 bits per heavy atom. The smallest absolute Gasteiger partial charge is 0.292 e. The van der Waals surface area contributed by atoms with E-state index < -0.39 is 0 Å². The molecule has 6 heteroatoms. The maximum atomic E-state index is 11.4. The number of aryl methyl sites for hydroxylation is 1. The van der Waals surface area contributed by atoms with Crippen molar-refractivity contribution in [2.75, 3.05) is 5.32 Å². The van der Waals surface area contributed by atoms with Crippen LogP contribution in [-0.2, 0) is 6.42 Å². The number of nitrogens with one attached hydrogen (secondary N) is 2. The number of anilines is 1. The van der Waals surface area contributed by atoms with Gasteiger partial charge in [0, 0.05) is 17.8 Å². The van der Waals surface area contributed by atoms with Crippen LogP contribution in [0.5, 0.6) is 0 Å². The first kappa shape index (κ1) is 13.4. The molecule has 1 atom stereocenters. The van der Waals surface area contributed by atoms with Gasteiger partial charge in [-0.25, -0.2) is 0 Å². The highest BCUT2D eigenvalue weighted by atomic mass is 16.6. The normalized spacial score (nSPS) is 17.0. The molecular weight excluding hydrogens is 270 g/mol. The summed E-state index contributed by atoms with van der Waals surface area (Å²) in [5.74, 6) is 0. The lowest BCUT2D eigenvalue weighted by molar-refractivity contribution is -0.384. The van der Waals surface area contributed by atoms with Gasteiger partial charge in [0.2, 0.25) is 5.56 Å². The van der Waals surface area contributed by atoms with Crippen molar-refractivity contribution >= 4 is 11.4 Å². The molecule has 0 saturated heterocycles. The van der Waals surface area contributed by atoms with Crippen molar-refractivity contribution < 1.29 is 4.92 Å². The summed E-state index contributed by atoms with van der Waals surface area (Å²) in [5, 5.41) is 14.3. The van der Waals surface area contributed by atoms with Gasteiger partial charge in [0.1, 0.15) is 5.69 Å². The topological polar surface area (TPSA) is 88.0 Å². The van der Waals surface area contributed by atoms with Gasteiger partial charge in [0.15, 0.2) is 0 Å². The van der Waals surface area contributed by atoms with Crippen molar-refractivity contribution in [3.05, 3.63) is 68.1 Å². The Kier molecular flexibility index (Phi) is 3.43. The molecule has 2 N–H and O–H groups in total. The third-order valence-corrected chi connectivity index (χ3v) is 3.76. The molecule has 3 rings (SSSR count). The summed E-state index contributed by atoms with van der Waals surface area (Å²) >= 11 is 0. The lowest BCUT2D eigenvalue weighted by Crippen LogP contribution is -2.21. The van der Waals surface area contributed by atoms with E-state index in [1.807, 2.05) is 0 Å². The van der Waals surface area contributed by atoms with Crippen molar-refractivity contribution in [1.82, 2.24) is 4.98 Å². The molecule has 1 aromatic heterocycles. The maximum absolute atomic E-state index is 11.4. The largest absolute Gasteiger partial charge is 0.373 e. The Bertz CT molecular complexity index is 739. The summed E-state index contributed by atoms with van der Waals surface area (Å²) in [6.45, 7) is 0. The van der Waals surface area contributed by atoms with Crippen molar-refractivity contribution in [3.63, 3.8) is 0 Å². The fourth-order valence-corrected chi connectivity index (χ4v) is 2.79. The number of fused-ring (bicyclic) bond motifs is 1. The van der Waals surface area contributed by atoms with Gasteiger partial charge in [-0.05, 0) is 37.0 Å². The van der Waals surface area contributed by atoms with E-state index in [1.165, 1.54) is 12.1 Å². The van der Waals surface area contributed by atoms with E-state index in [4.69, 9.17) is 0 Å². The van der Waals surface area contributed by atoms with Gasteiger partial charge in [-0.3, -0.25) is 14.9 Å². The van der Waals surface area contributed by atoms with Gasteiger partial charge >= 0.3 is 0 Å². The number of benzene rings is 1. The van der Waals surface area contributed by atoms with Gasteiger partial charge in [-0.15, -0.1) is 0 Å². The molecule has 0 fully saturated rings. The molecule has 1 aliphatic carbocycles. The minimum Gasteiger partial charge on any atom is -0.373 e. The van der Waals surface area contributed by atoms with E-state index >= 15 is 0 Å². The zero-order valence-electron chi connectivity index (χ0n) is 11.3. The average molecular weight is 285 g/mol. The van der Waals surface area contributed by atoms with Crippen LogP contribution < -0.4 is 10.9 Å². The number of hydrogen-bond donors (Lipinski definition) is 2. The van der Waals surface area contributed by atoms with Crippen molar-refractivity contribution in [3.8, 4) is 0 Å². The summed E-state index contributed by atoms with van der Waals surface area (Å²) in [5.41, 5.74) is 2.39. The van der Waals surface area contributed by atoms with Crippen molar-refractivity contribution in [2.24, 2.45) is 0 Å². The number of H-pyrrole nitrogens is 1. The standard InChI is InChI=1S/C15H15N3O3/c19-15-9-8-10-11(5-3-6-12(10)17-15)16-13-4-1-2-7-14(13)18(20)21/h1-2,4,7-9,11,16H,3,5-6H2,(H,17,19). The molecule has 1 unspecified atom stereocenters. The quantitative estimate of drug-likeness (QED) is 0.670. The first-order valence-corrected chi connectivity index (χ1v) is 6.87. The highest BCUT2D eigenvalue weighted by Gasteiger charge is 2.23. The van der Waals surface area contributed by atoms with E-state index in [9.17, 15) is 14.9 Å². The molecule has 1 heterocycles. The molecule has 0 amide bonds. The molecule has 1 aliphatic rings. The molecule has 1 aromatic carbocycles. The molecule has 6 nitrogen and oxygen atoms in total. The third kappa shape index (κ3) is 2.65. The number of nitro benzene ring substituents is 1. The number of rotatable bonds is 3. The van der Waals surface area contributed by atoms with Crippen LogP contribution in [0, 0.1) is 10.1 Å². The van der Waals surface area contributed by atoms with E-state index in [1.54, 1.807) is 24.3 Å². The van der Waals surface area contributed by atoms with Crippen molar-refractivity contribution in [1.29, 1.82) is 0 Å². The van der Waals surface area contributed by atoms with E-state index in [0.29, 0.717) is 5.69 Å². The zero-order valence-corrected chi connectivity index (χ0v) is 11.3. The first-order valence-electron chi connectivity index (χ1n) is 6.87. The average Bonchev–Trinajstić information content (AvgIpc) is 2.47. The van der Waals surface area contributed by atoms with Crippen LogP contribution in [0.25, 0.3) is 0 Å². The first-order chi connectivity index (χ1) is 10.1. The molecule has 0 bridgehead atoms. The zero-order chi connectivity index (χ0) is 14.8. The van der Waals surface area contributed by atoms with E-state index in [2.05, 4.69) is 10.3 Å². The van der Waals surface area contributed by atoms with E-state index in [0.717, 1.165) is 30.5 Å². The second kappa shape index (κ2) is 5.40. The van der Waals surface area contributed by atoms with Crippen LogP contribution in [0.2, 0.25) is 0 Å². The predicted octanol–water partition coefficient (Wildman–Crippen LogP) is 2.77. The number of nitro groups is 1. The lowest BCUT2D eigenvalue weighted by atomic mass is 9.91. The highest BCUT2D eigenvalue weighted by molar-refractivity contribution is 5.62. The Morgan fingerprint density at radius 1 is 1.24 bits per heavy atom. The van der Waals surface area contributed by atoms with Crippen LogP contribution >= 0.6 is 0 Å². The molecule has 0 spiro atoms. The summed E-state index contributed by atoms with van der Waals surface area (Å²) in [6.07, 6.45) is 2.65. The second-order valence-electron chi connectivity index (χ2n) is 5.12.